The molecule has 2 saturated heterocycles. The van der Waals surface area contributed by atoms with Gasteiger partial charge in [0.2, 0.25) is 0 Å². The predicted octanol–water partition coefficient (Wildman–Crippen LogP) is 1.69. The van der Waals surface area contributed by atoms with Gasteiger partial charge in [-0.3, -0.25) is 19.8 Å². The fourth-order valence-electron chi connectivity index (χ4n) is 2.86. The number of amides is 1. The van der Waals surface area contributed by atoms with E-state index in [9.17, 15) is 19.7 Å². The minimum Gasteiger partial charge on any atom is -0.456 e. The van der Waals surface area contributed by atoms with Crippen LogP contribution in [0.3, 0.4) is 0 Å². The van der Waals surface area contributed by atoms with Crippen molar-refractivity contribution >= 4 is 29.3 Å². The number of rotatable bonds is 5. The highest BCUT2D eigenvalue weighted by Gasteiger charge is 2.50. The number of carbonyl (C=O) groups excluding carboxylic acids is 2. The minimum absolute atomic E-state index is 0.0371. The Morgan fingerprint density at radius 2 is 2.19 bits per heavy atom. The Hall–Kier alpha value is -2.69. The molecule has 0 aliphatic carbocycles. The topological polar surface area (TPSA) is 108 Å². The molecule has 2 atom stereocenters. The zero-order valence-corrected chi connectivity index (χ0v) is 14.7. The van der Waals surface area contributed by atoms with E-state index in [4.69, 9.17) is 14.2 Å². The van der Waals surface area contributed by atoms with Gasteiger partial charge in [-0.25, -0.2) is 4.79 Å². The lowest BCUT2D eigenvalue weighted by Gasteiger charge is -2.37. The molecule has 140 valence electrons. The molecule has 0 saturated carbocycles. The first-order valence-electron chi connectivity index (χ1n) is 8.05. The van der Waals surface area contributed by atoms with Crippen LogP contribution >= 0.6 is 11.8 Å². The monoisotopic (exact) mass is 390 g/mol. The molecule has 0 N–H and O–H groups in total. The maximum atomic E-state index is 12.4. The molecule has 9 nitrogen and oxygen atoms in total. The fraction of sp³-hybridized carbons (Fsp3) is 0.294. The second-order valence-corrected chi connectivity index (χ2v) is 6.94. The number of thioether (sulfide) groups is 1. The molecule has 0 spiro atoms. The second-order valence-electron chi connectivity index (χ2n) is 5.98. The van der Waals surface area contributed by atoms with Gasteiger partial charge in [-0.05, 0) is 23.8 Å². The van der Waals surface area contributed by atoms with Gasteiger partial charge in [0.15, 0.2) is 0 Å². The summed E-state index contributed by atoms with van der Waals surface area (Å²) in [5.74, 6) is -0.866. The number of nitro benzene ring substituents is 1. The van der Waals surface area contributed by atoms with E-state index < -0.39 is 10.9 Å². The molecule has 2 fully saturated rings. The van der Waals surface area contributed by atoms with Crippen molar-refractivity contribution in [3.8, 4) is 0 Å². The Morgan fingerprint density at radius 3 is 2.85 bits per heavy atom. The van der Waals surface area contributed by atoms with Crippen LogP contribution in [-0.2, 0) is 30.4 Å². The van der Waals surface area contributed by atoms with Crippen LogP contribution in [0.1, 0.15) is 5.56 Å². The van der Waals surface area contributed by atoms with Crippen LogP contribution in [0.25, 0.3) is 0 Å². The van der Waals surface area contributed by atoms with E-state index in [1.54, 1.807) is 11.5 Å². The van der Waals surface area contributed by atoms with Gasteiger partial charge >= 0.3 is 5.97 Å². The van der Waals surface area contributed by atoms with Gasteiger partial charge in [-0.15, -0.1) is 11.8 Å². The Balaban J connectivity index is 1.35. The molecule has 1 unspecified atom stereocenters. The number of hydrogen-bond donors (Lipinski definition) is 0. The van der Waals surface area contributed by atoms with Crippen molar-refractivity contribution in [1.29, 1.82) is 0 Å². The molecule has 0 aromatic heterocycles. The Labute approximate surface area is 157 Å². The number of carbonyl (C=O) groups is 2. The van der Waals surface area contributed by atoms with Crippen LogP contribution < -0.4 is 0 Å². The van der Waals surface area contributed by atoms with Crippen molar-refractivity contribution in [2.75, 3.05) is 13.4 Å². The van der Waals surface area contributed by atoms with Gasteiger partial charge in [0.05, 0.1) is 11.5 Å². The van der Waals surface area contributed by atoms with Gasteiger partial charge < -0.3 is 14.2 Å². The number of ether oxygens (including phenoxy) is 3. The summed E-state index contributed by atoms with van der Waals surface area (Å²) in [7, 11) is 0. The first-order valence-corrected chi connectivity index (χ1v) is 8.99. The number of hydrogen-bond acceptors (Lipinski definition) is 8. The quantitative estimate of drug-likeness (QED) is 0.246. The third-order valence-electron chi connectivity index (χ3n) is 4.27. The summed E-state index contributed by atoms with van der Waals surface area (Å²) in [5.41, 5.74) is 1.36. The highest BCUT2D eigenvalue weighted by Crippen LogP contribution is 2.45. The Bertz CT molecular complexity index is 859. The lowest BCUT2D eigenvalue weighted by molar-refractivity contribution is -0.384. The molecule has 1 amide bonds. The molecular formula is C17H14N2O7S. The normalized spacial score (nSPS) is 25.2. The molecule has 0 bridgehead atoms. The van der Waals surface area contributed by atoms with Crippen molar-refractivity contribution in [2.24, 2.45) is 0 Å². The predicted molar refractivity (Wildman–Crippen MR) is 93.0 cm³/mol. The van der Waals surface area contributed by atoms with Crippen molar-refractivity contribution in [3.05, 3.63) is 62.7 Å². The largest absolute Gasteiger partial charge is 0.456 e. The third-order valence-corrected chi connectivity index (χ3v) is 5.36. The van der Waals surface area contributed by atoms with Crippen molar-refractivity contribution in [1.82, 2.24) is 4.90 Å². The second kappa shape index (κ2) is 7.14. The first-order chi connectivity index (χ1) is 13.0. The van der Waals surface area contributed by atoms with E-state index in [2.05, 4.69) is 0 Å². The summed E-state index contributed by atoms with van der Waals surface area (Å²) < 4.78 is 15.6. The van der Waals surface area contributed by atoms with E-state index in [0.717, 1.165) is 0 Å². The van der Waals surface area contributed by atoms with E-state index >= 15 is 0 Å². The molecule has 4 rings (SSSR count). The van der Waals surface area contributed by atoms with Gasteiger partial charge in [-0.1, -0.05) is 0 Å². The Kier molecular flexibility index (Phi) is 4.68. The maximum absolute atomic E-state index is 12.4. The van der Waals surface area contributed by atoms with Crippen LogP contribution in [0.5, 0.6) is 0 Å². The van der Waals surface area contributed by atoms with Crippen LogP contribution in [-0.4, -0.2) is 46.6 Å². The molecule has 10 heteroatoms. The number of fused-ring (bicyclic) bond motifs is 1. The fourth-order valence-corrected chi connectivity index (χ4v) is 3.99. The minimum atomic E-state index is -0.615. The molecule has 1 aromatic rings. The molecule has 27 heavy (non-hydrogen) atoms. The highest BCUT2D eigenvalue weighted by atomic mass is 32.2. The lowest BCUT2D eigenvalue weighted by atomic mass is 10.0. The summed E-state index contributed by atoms with van der Waals surface area (Å²) in [5, 5.41) is 12.0. The number of nitro groups is 1. The highest BCUT2D eigenvalue weighted by molar-refractivity contribution is 8.03. The van der Waals surface area contributed by atoms with E-state index in [1.165, 1.54) is 40.9 Å². The SMILES string of the molecule is O=C(OCc1ccc([N+](=O)[O-])cc1)C1=CS[C@@H]2C(=CC3COCO3)C(=O)N12. The van der Waals surface area contributed by atoms with Gasteiger partial charge in [0.1, 0.15) is 30.6 Å². The average Bonchev–Trinajstić information content (AvgIpc) is 3.32. The lowest BCUT2D eigenvalue weighted by Crippen LogP contribution is -2.51. The van der Waals surface area contributed by atoms with E-state index in [-0.39, 0.29) is 42.2 Å². The van der Waals surface area contributed by atoms with Crippen molar-refractivity contribution in [3.63, 3.8) is 0 Å². The van der Waals surface area contributed by atoms with Gasteiger partial charge in [0.25, 0.3) is 11.6 Å². The summed E-state index contributed by atoms with van der Waals surface area (Å²) in [6.07, 6.45) is 1.49. The van der Waals surface area contributed by atoms with Crippen molar-refractivity contribution < 1.29 is 28.7 Å². The van der Waals surface area contributed by atoms with E-state index in [1.807, 2.05) is 0 Å². The molecule has 3 aliphatic heterocycles. The summed E-state index contributed by atoms with van der Waals surface area (Å²) in [6.45, 7) is 0.579. The summed E-state index contributed by atoms with van der Waals surface area (Å²) in [6, 6.07) is 5.72. The number of nitrogens with zero attached hydrogens (tertiary/aromatic N) is 2. The third kappa shape index (κ3) is 3.34. The smallest absolute Gasteiger partial charge is 0.355 e. The number of β-lactam (4-membered cyclic amide) rings is 1. The van der Waals surface area contributed by atoms with Crippen molar-refractivity contribution in [2.45, 2.75) is 18.1 Å². The average molecular weight is 390 g/mol. The van der Waals surface area contributed by atoms with Crippen LogP contribution in [0.4, 0.5) is 5.69 Å². The number of non-ortho nitro benzene ring substituents is 1. The first kappa shape index (κ1) is 17.7. The zero-order valence-electron chi connectivity index (χ0n) is 13.9. The van der Waals surface area contributed by atoms with Gasteiger partial charge in [-0.2, -0.15) is 0 Å². The number of benzene rings is 1. The molecular weight excluding hydrogens is 376 g/mol. The summed E-state index contributed by atoms with van der Waals surface area (Å²) in [4.78, 5) is 36.2. The van der Waals surface area contributed by atoms with Crippen LogP contribution in [0, 0.1) is 10.1 Å². The molecule has 0 radical (unpaired) electrons. The van der Waals surface area contributed by atoms with Crippen LogP contribution in [0.15, 0.2) is 47.0 Å². The zero-order chi connectivity index (χ0) is 19.0. The summed E-state index contributed by atoms with van der Waals surface area (Å²) >= 11 is 1.35. The maximum Gasteiger partial charge on any atom is 0.355 e. The van der Waals surface area contributed by atoms with Gasteiger partial charge in [0, 0.05) is 23.1 Å². The standard InChI is InChI=1S/C17H14N2O7S/c20-15-13(5-12-7-24-9-26-12)16-18(15)14(8-27-16)17(21)25-6-10-1-3-11(4-2-10)19(22)23/h1-5,8,12,16H,6-7,9H2/t12?,16-/m1/s1. The Morgan fingerprint density at radius 1 is 1.41 bits per heavy atom. The van der Waals surface area contributed by atoms with Crippen LogP contribution in [0.2, 0.25) is 0 Å². The molecule has 3 aliphatic rings. The molecule has 3 heterocycles. The molecule has 1 aromatic carbocycles. The number of esters is 1. The van der Waals surface area contributed by atoms with E-state index in [0.29, 0.717) is 17.7 Å².